The van der Waals surface area contributed by atoms with E-state index in [0.29, 0.717) is 39.7 Å². The Morgan fingerprint density at radius 2 is 2.03 bits per heavy atom. The maximum absolute atomic E-state index is 14.0. The molecule has 0 aliphatic carbocycles. The Labute approximate surface area is 209 Å². The number of ether oxygens (including phenoxy) is 2. The van der Waals surface area contributed by atoms with E-state index in [1.54, 1.807) is 16.8 Å². The summed E-state index contributed by atoms with van der Waals surface area (Å²) in [5.74, 6) is -1.48. The molecule has 2 aliphatic rings. The van der Waals surface area contributed by atoms with Crippen molar-refractivity contribution in [1.82, 2.24) is 34.5 Å². The highest BCUT2D eigenvalue weighted by molar-refractivity contribution is 6.34. The summed E-state index contributed by atoms with van der Waals surface area (Å²) >= 11 is 6.32. The van der Waals surface area contributed by atoms with Crippen molar-refractivity contribution in [2.24, 2.45) is 0 Å². The molecule has 0 aromatic carbocycles. The Balaban J connectivity index is 1.26. The van der Waals surface area contributed by atoms with Crippen LogP contribution in [0.4, 0.5) is 8.78 Å². The third kappa shape index (κ3) is 3.99. The van der Waals surface area contributed by atoms with E-state index >= 15 is 0 Å². The van der Waals surface area contributed by atoms with Gasteiger partial charge in [-0.2, -0.15) is 5.10 Å². The molecule has 2 saturated heterocycles. The topological polar surface area (TPSA) is 103 Å². The molecule has 1 N–H and O–H groups in total. The monoisotopic (exact) mass is 517 g/mol. The predicted octanol–water partition coefficient (Wildman–Crippen LogP) is 2.60. The highest BCUT2D eigenvalue weighted by Crippen LogP contribution is 2.34. The zero-order valence-corrected chi connectivity index (χ0v) is 19.9. The van der Waals surface area contributed by atoms with Crippen LogP contribution in [0.25, 0.3) is 16.8 Å². The van der Waals surface area contributed by atoms with Crippen LogP contribution in [0.1, 0.15) is 23.5 Å². The van der Waals surface area contributed by atoms with E-state index in [-0.39, 0.29) is 18.3 Å². The fourth-order valence-corrected chi connectivity index (χ4v) is 4.76. The lowest BCUT2D eigenvalue weighted by molar-refractivity contribution is -0.100. The second-order valence-corrected chi connectivity index (χ2v) is 9.40. The molecule has 2 aliphatic heterocycles. The van der Waals surface area contributed by atoms with Gasteiger partial charge in [0.1, 0.15) is 47.0 Å². The van der Waals surface area contributed by atoms with Crippen molar-refractivity contribution in [3.05, 3.63) is 58.8 Å². The Hall–Kier alpha value is -3.19. The number of aromatic nitrogens is 6. The van der Waals surface area contributed by atoms with E-state index in [0.717, 1.165) is 38.2 Å². The van der Waals surface area contributed by atoms with Gasteiger partial charge in [-0.25, -0.2) is 18.0 Å². The lowest BCUT2D eigenvalue weighted by atomic mass is 10.0. The van der Waals surface area contributed by atoms with E-state index in [1.165, 1.54) is 6.20 Å². The van der Waals surface area contributed by atoms with Crippen LogP contribution in [0.2, 0.25) is 5.02 Å². The van der Waals surface area contributed by atoms with Crippen molar-refractivity contribution in [2.75, 3.05) is 32.9 Å². The Morgan fingerprint density at radius 3 is 2.75 bits per heavy atom. The molecule has 13 heteroatoms. The van der Waals surface area contributed by atoms with Crippen LogP contribution in [0.15, 0.2) is 30.7 Å². The Kier molecular flexibility index (Phi) is 5.83. The van der Waals surface area contributed by atoms with Gasteiger partial charge in [-0.05, 0) is 13.0 Å². The molecular weight excluding hydrogens is 496 g/mol. The van der Waals surface area contributed by atoms with Crippen LogP contribution in [0, 0.1) is 18.6 Å². The van der Waals surface area contributed by atoms with Gasteiger partial charge < -0.3 is 14.6 Å². The summed E-state index contributed by atoms with van der Waals surface area (Å²) in [6.07, 6.45) is 2.65. The number of nitrogens with zero attached hydrogens (tertiary/aromatic N) is 7. The van der Waals surface area contributed by atoms with Gasteiger partial charge in [0, 0.05) is 30.9 Å². The summed E-state index contributed by atoms with van der Waals surface area (Å²) in [5.41, 5.74) is 2.40. The Morgan fingerprint density at radius 1 is 1.22 bits per heavy atom. The van der Waals surface area contributed by atoms with E-state index < -0.39 is 17.7 Å². The minimum Gasteiger partial charge on any atom is -0.488 e. The molecular formula is C23H22ClF2N7O3. The third-order valence-corrected chi connectivity index (χ3v) is 6.93. The molecule has 4 aromatic rings. The molecule has 0 saturated carbocycles. The van der Waals surface area contributed by atoms with Gasteiger partial charge >= 0.3 is 0 Å². The molecule has 0 radical (unpaired) electrons. The van der Waals surface area contributed by atoms with Crippen molar-refractivity contribution < 1.29 is 23.4 Å². The zero-order chi connectivity index (χ0) is 25.0. The number of fused-ring (bicyclic) bond motifs is 1. The van der Waals surface area contributed by atoms with Gasteiger partial charge in [0.25, 0.3) is 0 Å². The van der Waals surface area contributed by atoms with Crippen LogP contribution < -0.4 is 4.74 Å². The fourth-order valence-electron chi connectivity index (χ4n) is 4.53. The smallest absolute Gasteiger partial charge is 0.150 e. The molecule has 2 fully saturated rings. The minimum absolute atomic E-state index is 0.235. The molecule has 1 atom stereocenters. The summed E-state index contributed by atoms with van der Waals surface area (Å²) < 4.78 is 41.8. The number of likely N-dealkylation sites (tertiary alicyclic amines) is 1. The SMILES string of the molecule is Cc1c(-c2cc(OC[C@@H](O)c3ncc(F)cc3F)c3c(Cl)cnn3c2)nnn1C1CN(C2COC2)C1. The summed E-state index contributed by atoms with van der Waals surface area (Å²) in [7, 11) is 0. The second kappa shape index (κ2) is 9.04. The highest BCUT2D eigenvalue weighted by atomic mass is 35.5. The first-order chi connectivity index (χ1) is 17.4. The van der Waals surface area contributed by atoms with Crippen molar-refractivity contribution >= 4 is 17.1 Å². The number of aliphatic hydroxyl groups excluding tert-OH is 1. The summed E-state index contributed by atoms with van der Waals surface area (Å²) in [5, 5.41) is 23.8. The average molecular weight is 518 g/mol. The summed E-state index contributed by atoms with van der Waals surface area (Å²) in [6.45, 7) is 4.96. The number of aliphatic hydroxyl groups is 1. The molecule has 0 bridgehead atoms. The Bertz CT molecular complexity index is 1430. The first-order valence-electron chi connectivity index (χ1n) is 11.4. The molecule has 6 rings (SSSR count). The van der Waals surface area contributed by atoms with Crippen molar-refractivity contribution in [3.8, 4) is 17.0 Å². The lowest BCUT2D eigenvalue weighted by Gasteiger charge is -2.47. The number of halogens is 3. The largest absolute Gasteiger partial charge is 0.488 e. The van der Waals surface area contributed by atoms with Gasteiger partial charge in [0.15, 0.2) is 0 Å². The maximum Gasteiger partial charge on any atom is 0.150 e. The van der Waals surface area contributed by atoms with Crippen LogP contribution in [-0.2, 0) is 4.74 Å². The lowest BCUT2D eigenvalue weighted by Crippen LogP contribution is -2.59. The van der Waals surface area contributed by atoms with Crippen LogP contribution in [0.5, 0.6) is 5.75 Å². The normalized spacial score (nSPS) is 17.8. The number of hydrogen-bond acceptors (Lipinski definition) is 8. The van der Waals surface area contributed by atoms with Gasteiger partial charge in [-0.15, -0.1) is 5.10 Å². The van der Waals surface area contributed by atoms with E-state index in [2.05, 4.69) is 25.3 Å². The van der Waals surface area contributed by atoms with Gasteiger partial charge in [0.2, 0.25) is 0 Å². The first kappa shape index (κ1) is 23.2. The van der Waals surface area contributed by atoms with Crippen LogP contribution in [0.3, 0.4) is 0 Å². The number of hydrogen-bond donors (Lipinski definition) is 1. The van der Waals surface area contributed by atoms with Crippen LogP contribution in [-0.4, -0.2) is 78.6 Å². The van der Waals surface area contributed by atoms with Gasteiger partial charge in [0.05, 0.1) is 48.4 Å². The minimum atomic E-state index is -1.43. The second-order valence-electron chi connectivity index (χ2n) is 8.99. The summed E-state index contributed by atoms with van der Waals surface area (Å²) in [4.78, 5) is 6.02. The molecule has 188 valence electrons. The van der Waals surface area contributed by atoms with E-state index in [4.69, 9.17) is 21.1 Å². The zero-order valence-electron chi connectivity index (χ0n) is 19.2. The van der Waals surface area contributed by atoms with Crippen molar-refractivity contribution in [2.45, 2.75) is 25.1 Å². The van der Waals surface area contributed by atoms with Gasteiger partial charge in [-0.1, -0.05) is 16.8 Å². The van der Waals surface area contributed by atoms with Gasteiger partial charge in [-0.3, -0.25) is 9.88 Å². The molecule has 0 unspecified atom stereocenters. The molecule has 10 nitrogen and oxygen atoms in total. The number of rotatable bonds is 7. The van der Waals surface area contributed by atoms with Crippen molar-refractivity contribution in [1.29, 1.82) is 0 Å². The average Bonchev–Trinajstić information content (AvgIpc) is 3.35. The molecule has 36 heavy (non-hydrogen) atoms. The quantitative estimate of drug-likeness (QED) is 0.399. The fraction of sp³-hybridized carbons (Fsp3) is 0.391. The predicted molar refractivity (Wildman–Crippen MR) is 124 cm³/mol. The van der Waals surface area contributed by atoms with E-state index in [1.807, 2.05) is 11.6 Å². The molecule has 0 amide bonds. The standard InChI is InChI=1S/C23H22ClF2N7O3/c1-12-21(29-30-33(12)15-7-31(8-15)16-9-35-10-16)13-2-20(23-17(24)5-28-32(23)6-13)36-11-19(34)22-18(26)3-14(25)4-27-22/h2-6,15-16,19,34H,7-11H2,1H3/t19-/m1/s1. The van der Waals surface area contributed by atoms with Crippen molar-refractivity contribution in [3.63, 3.8) is 0 Å². The highest BCUT2D eigenvalue weighted by Gasteiger charge is 2.38. The third-order valence-electron chi connectivity index (χ3n) is 6.65. The number of pyridine rings is 2. The molecule has 0 spiro atoms. The summed E-state index contributed by atoms with van der Waals surface area (Å²) in [6, 6.07) is 3.11. The molecule has 6 heterocycles. The van der Waals surface area contributed by atoms with Crippen LogP contribution >= 0.6 is 11.6 Å². The molecule has 4 aromatic heterocycles. The first-order valence-corrected chi connectivity index (χ1v) is 11.8. The maximum atomic E-state index is 14.0. The van der Waals surface area contributed by atoms with E-state index in [9.17, 15) is 13.9 Å².